The molecule has 0 bridgehead atoms. The lowest BCUT2D eigenvalue weighted by molar-refractivity contribution is -0.147. The number of rotatable bonds is 20. The van der Waals surface area contributed by atoms with Crippen LogP contribution in [0.5, 0.6) is 0 Å². The minimum Gasteiger partial charge on any atom is -0.457 e. The van der Waals surface area contributed by atoms with E-state index in [0.29, 0.717) is 25.7 Å². The van der Waals surface area contributed by atoms with E-state index < -0.39 is 71.7 Å². The average molecular weight is 849 g/mol. The first-order valence-electron chi connectivity index (χ1n) is 21.2. The van der Waals surface area contributed by atoms with Crippen molar-refractivity contribution in [2.24, 2.45) is 11.5 Å². The van der Waals surface area contributed by atoms with Crippen LogP contribution in [0, 0.1) is 0 Å². The van der Waals surface area contributed by atoms with Crippen LogP contribution in [0.3, 0.4) is 0 Å². The molecule has 6 N–H and O–H groups in total. The number of hydrogen-bond donors (Lipinski definition) is 4. The summed E-state index contributed by atoms with van der Waals surface area (Å²) in [7, 11) is 0. The summed E-state index contributed by atoms with van der Waals surface area (Å²) in [6, 6.07) is 35.9. The number of ether oxygens (including phenoxy) is 4. The smallest absolute Gasteiger partial charge is 0.407 e. The highest BCUT2D eigenvalue weighted by molar-refractivity contribution is 5.91. The van der Waals surface area contributed by atoms with Gasteiger partial charge >= 0.3 is 24.1 Å². The molecule has 0 radical (unpaired) electrons. The van der Waals surface area contributed by atoms with Crippen LogP contribution in [0.1, 0.15) is 76.6 Å². The van der Waals surface area contributed by atoms with Gasteiger partial charge in [-0.3, -0.25) is 0 Å². The van der Waals surface area contributed by atoms with Gasteiger partial charge in [-0.15, -0.1) is 0 Å². The molecule has 4 aromatic rings. The lowest BCUT2D eigenvalue weighted by Crippen LogP contribution is -2.47. The fourth-order valence-corrected chi connectivity index (χ4v) is 6.86. The molecular weight excluding hydrogens is 785 g/mol. The second-order valence-electron chi connectivity index (χ2n) is 17.5. The first kappa shape index (κ1) is 48.7. The van der Waals surface area contributed by atoms with Crippen LogP contribution < -0.4 is 22.1 Å². The lowest BCUT2D eigenvalue weighted by Gasteiger charge is -2.30. The lowest BCUT2D eigenvalue weighted by atomic mass is 9.94. The third-order valence-corrected chi connectivity index (χ3v) is 9.60. The summed E-state index contributed by atoms with van der Waals surface area (Å²) in [4.78, 5) is 53.2. The van der Waals surface area contributed by atoms with Gasteiger partial charge in [0, 0.05) is 49.2 Å². The Hall–Kier alpha value is -5.98. The maximum absolute atomic E-state index is 13.6. The largest absolute Gasteiger partial charge is 0.457 e. The summed E-state index contributed by atoms with van der Waals surface area (Å²) in [5.41, 5.74) is 15.8. The summed E-state index contributed by atoms with van der Waals surface area (Å²) in [5, 5.41) is 5.90. The normalized spacial score (nSPS) is 14.6. The Morgan fingerprint density at radius 3 is 1.03 bits per heavy atom. The van der Waals surface area contributed by atoms with Gasteiger partial charge in [0.1, 0.15) is 23.4 Å². The summed E-state index contributed by atoms with van der Waals surface area (Å²) in [6.07, 6.45) is 0.844. The summed E-state index contributed by atoms with van der Waals surface area (Å²) in [6.45, 7) is 10.7. The number of carbonyl (C=O) groups excluding carboxylic acids is 4. The van der Waals surface area contributed by atoms with Crippen LogP contribution in [0.4, 0.5) is 9.59 Å². The Bertz CT molecular complexity index is 1860. The van der Waals surface area contributed by atoms with Gasteiger partial charge in [0.05, 0.1) is 0 Å². The number of nitrogens with one attached hydrogen (secondary N) is 2. The number of amides is 2. The highest BCUT2D eigenvalue weighted by Gasteiger charge is 2.31. The molecule has 0 saturated heterocycles. The van der Waals surface area contributed by atoms with Crippen LogP contribution in [0.25, 0.3) is 0 Å². The van der Waals surface area contributed by atoms with Gasteiger partial charge in [-0.25, -0.2) is 19.2 Å². The number of nitrogens with two attached hydrogens (primary N) is 2. The topological polar surface area (TPSA) is 181 Å². The van der Waals surface area contributed by atoms with Crippen molar-refractivity contribution in [2.45, 2.75) is 128 Å². The fraction of sp³-hybridized carbons (Fsp3) is 0.400. The first-order chi connectivity index (χ1) is 29.4. The monoisotopic (exact) mass is 848 g/mol. The average Bonchev–Trinajstić information content (AvgIpc) is 3.19. The van der Waals surface area contributed by atoms with Crippen LogP contribution in [0.15, 0.2) is 133 Å². The highest BCUT2D eigenvalue weighted by atomic mass is 16.6. The molecule has 0 aliphatic rings. The Morgan fingerprint density at radius 1 is 0.484 bits per heavy atom. The van der Waals surface area contributed by atoms with E-state index in [1.165, 1.54) is 0 Å². The molecule has 0 heterocycles. The van der Waals surface area contributed by atoms with E-state index in [2.05, 4.69) is 10.6 Å². The fourth-order valence-electron chi connectivity index (χ4n) is 6.86. The molecule has 62 heavy (non-hydrogen) atoms. The van der Waals surface area contributed by atoms with Crippen molar-refractivity contribution in [3.63, 3.8) is 0 Å². The Kier molecular flexibility index (Phi) is 18.7. The molecule has 12 heteroatoms. The number of benzene rings is 4. The molecule has 0 aromatic heterocycles. The van der Waals surface area contributed by atoms with E-state index in [1.807, 2.05) is 121 Å². The SMILES string of the molecule is CC(C)(C)OC(=O)NC(Cc1ccccc1)CC(OC(=O)/C=C/C(=O)OC(CC(Cc1ccccc1)NC(=O)OC(C)(C)C)C(N)Cc1ccccc1)C(N)Cc1ccccc1. The van der Waals surface area contributed by atoms with Crippen molar-refractivity contribution >= 4 is 24.1 Å². The van der Waals surface area contributed by atoms with Crippen molar-refractivity contribution in [1.29, 1.82) is 0 Å². The maximum atomic E-state index is 13.6. The minimum atomic E-state index is -0.892. The zero-order chi connectivity index (χ0) is 45.1. The zero-order valence-corrected chi connectivity index (χ0v) is 36.8. The third kappa shape index (κ3) is 19.2. The van der Waals surface area contributed by atoms with Gasteiger partial charge in [-0.1, -0.05) is 121 Å². The quantitative estimate of drug-likeness (QED) is 0.0394. The minimum absolute atomic E-state index is 0.149. The number of alkyl carbamates (subject to hydrolysis) is 2. The first-order valence-corrected chi connectivity index (χ1v) is 21.2. The summed E-state index contributed by atoms with van der Waals surface area (Å²) >= 11 is 0. The molecule has 0 fully saturated rings. The summed E-state index contributed by atoms with van der Waals surface area (Å²) < 4.78 is 23.1. The van der Waals surface area contributed by atoms with Gasteiger partial charge in [-0.05, 0) is 89.5 Å². The van der Waals surface area contributed by atoms with E-state index >= 15 is 0 Å². The van der Waals surface area contributed by atoms with Crippen LogP contribution >= 0.6 is 0 Å². The molecule has 332 valence electrons. The predicted molar refractivity (Wildman–Crippen MR) is 241 cm³/mol. The van der Waals surface area contributed by atoms with E-state index in [-0.39, 0.29) is 12.8 Å². The zero-order valence-electron chi connectivity index (χ0n) is 36.8. The second-order valence-corrected chi connectivity index (χ2v) is 17.5. The molecule has 4 aromatic carbocycles. The molecule has 6 unspecified atom stereocenters. The van der Waals surface area contributed by atoms with Crippen molar-refractivity contribution in [2.75, 3.05) is 0 Å². The Labute approximate surface area is 366 Å². The molecule has 6 atom stereocenters. The van der Waals surface area contributed by atoms with Crippen molar-refractivity contribution < 1.29 is 38.1 Å². The standard InChI is InChI=1S/C50H64N4O8/c1-49(2,3)61-47(57)53-39(29-35-19-11-7-12-20-35)33-43(41(51)31-37-23-15-9-16-24-37)59-45(55)27-28-46(56)60-44(42(52)32-38-25-17-10-18-26-38)34-40(30-36-21-13-8-14-22-36)54-48(58)62-50(4,5)6/h7-28,39-44H,29-34,51-52H2,1-6H3,(H,53,57)(H,54,58)/b28-27+. The molecular formula is C50H64N4O8. The number of carbonyl (C=O) groups is 4. The molecule has 0 aliphatic carbocycles. The predicted octanol–water partition coefficient (Wildman–Crippen LogP) is 7.56. The van der Waals surface area contributed by atoms with Crippen LogP contribution in [-0.2, 0) is 54.2 Å². The molecule has 0 saturated carbocycles. The molecule has 0 spiro atoms. The number of hydrogen-bond acceptors (Lipinski definition) is 10. The van der Waals surface area contributed by atoms with E-state index in [9.17, 15) is 19.2 Å². The van der Waals surface area contributed by atoms with E-state index in [4.69, 9.17) is 30.4 Å². The molecule has 4 rings (SSSR count). The van der Waals surface area contributed by atoms with Crippen molar-refractivity contribution in [3.05, 3.63) is 156 Å². The Morgan fingerprint density at radius 2 is 0.758 bits per heavy atom. The molecule has 2 amide bonds. The highest BCUT2D eigenvalue weighted by Crippen LogP contribution is 2.19. The Balaban J connectivity index is 1.55. The van der Waals surface area contributed by atoms with Gasteiger partial charge in [0.2, 0.25) is 0 Å². The third-order valence-electron chi connectivity index (χ3n) is 9.60. The van der Waals surface area contributed by atoms with E-state index in [0.717, 1.165) is 34.4 Å². The van der Waals surface area contributed by atoms with Crippen LogP contribution in [0.2, 0.25) is 0 Å². The van der Waals surface area contributed by atoms with Gasteiger partial charge in [0.25, 0.3) is 0 Å². The van der Waals surface area contributed by atoms with Crippen molar-refractivity contribution in [3.8, 4) is 0 Å². The van der Waals surface area contributed by atoms with Crippen LogP contribution in [-0.4, -0.2) is 71.7 Å². The number of esters is 2. The van der Waals surface area contributed by atoms with Crippen molar-refractivity contribution in [1.82, 2.24) is 10.6 Å². The van der Waals surface area contributed by atoms with E-state index in [1.54, 1.807) is 41.5 Å². The van der Waals surface area contributed by atoms with Gasteiger partial charge < -0.3 is 41.0 Å². The maximum Gasteiger partial charge on any atom is 0.407 e. The van der Waals surface area contributed by atoms with Gasteiger partial charge in [0.15, 0.2) is 0 Å². The second kappa shape index (κ2) is 23.9. The molecule has 0 aliphatic heterocycles. The summed E-state index contributed by atoms with van der Waals surface area (Å²) in [5.74, 6) is -1.66. The molecule has 12 nitrogen and oxygen atoms in total. The van der Waals surface area contributed by atoms with Gasteiger partial charge in [-0.2, -0.15) is 0 Å².